The molecule has 0 radical (unpaired) electrons. The molecule has 0 aromatic rings. The van der Waals surface area contributed by atoms with Gasteiger partial charge in [-0.3, -0.25) is 4.79 Å². The Morgan fingerprint density at radius 3 is 2.65 bits per heavy atom. The molecule has 26 heavy (non-hydrogen) atoms. The molecule has 0 spiro atoms. The Kier molecular flexibility index (Phi) is 4.70. The molecule has 0 aliphatic carbocycles. The quantitative estimate of drug-likeness (QED) is 0.560. The van der Waals surface area contributed by atoms with Crippen LogP contribution in [-0.2, 0) is 23.8 Å². The monoisotopic (exact) mass is 368 g/mol. The summed E-state index contributed by atoms with van der Waals surface area (Å²) in [5.74, 6) is -3.69. The third-order valence-electron chi connectivity index (χ3n) is 6.03. The lowest BCUT2D eigenvalue weighted by Crippen LogP contribution is -2.44. The molecule has 0 amide bonds. The summed E-state index contributed by atoms with van der Waals surface area (Å²) in [6.45, 7) is 10.8. The Hall–Kier alpha value is -1.44. The fourth-order valence-corrected chi connectivity index (χ4v) is 4.25. The van der Waals surface area contributed by atoms with Gasteiger partial charge in [-0.2, -0.15) is 0 Å². The van der Waals surface area contributed by atoms with Gasteiger partial charge in [0.15, 0.2) is 5.79 Å². The summed E-state index contributed by atoms with van der Waals surface area (Å²) in [5.41, 5.74) is -0.849. The highest BCUT2D eigenvalue weighted by Crippen LogP contribution is 2.49. The fourth-order valence-electron chi connectivity index (χ4n) is 4.25. The van der Waals surface area contributed by atoms with E-state index in [1.807, 2.05) is 0 Å². The molecule has 0 aromatic carbocycles. The van der Waals surface area contributed by atoms with Gasteiger partial charge in [-0.05, 0) is 13.3 Å². The standard InChI is InChI=1S/C19H28O7/c1-9(2)16(21)25-13-7-18(5)14(20)8-19(23,26-18)10(3)6-12-15(13)11(4)17(22)24-12/h9-10,12-15,20,23H,4,6-8H2,1-3,5H3/t10-,12+,13+,14-,15-,18+,19-/m0/s1. The lowest BCUT2D eigenvalue weighted by Gasteiger charge is -2.34. The van der Waals surface area contributed by atoms with E-state index in [4.69, 9.17) is 14.2 Å². The van der Waals surface area contributed by atoms with Crippen molar-refractivity contribution in [3.05, 3.63) is 12.2 Å². The lowest BCUT2D eigenvalue weighted by atomic mass is 9.78. The fraction of sp³-hybridized carbons (Fsp3) is 0.789. The summed E-state index contributed by atoms with van der Waals surface area (Å²) in [6.07, 6.45) is -1.69. The van der Waals surface area contributed by atoms with E-state index in [1.54, 1.807) is 27.7 Å². The minimum atomic E-state index is -1.52. The second-order valence-electron chi connectivity index (χ2n) is 8.45. The topological polar surface area (TPSA) is 102 Å². The Morgan fingerprint density at radius 2 is 2.04 bits per heavy atom. The van der Waals surface area contributed by atoms with Crippen LogP contribution in [0.1, 0.15) is 47.0 Å². The summed E-state index contributed by atoms with van der Waals surface area (Å²) < 4.78 is 17.1. The molecule has 7 heteroatoms. The van der Waals surface area contributed by atoms with E-state index >= 15 is 0 Å². The molecule has 2 N–H and O–H groups in total. The maximum absolute atomic E-state index is 12.3. The zero-order valence-electron chi connectivity index (χ0n) is 15.7. The first-order chi connectivity index (χ1) is 12.0. The SMILES string of the molecule is C=C1C(=O)O[C@@H]2C[C@H](C)[C@]3(O)C[C@H](O)[C@@](C)(C[C@@H](OC(=O)C(C)C)[C@@H]12)O3. The zero-order chi connectivity index (χ0) is 19.4. The number of carbonyl (C=O) groups is 2. The Bertz CT molecular complexity index is 629. The van der Waals surface area contributed by atoms with Crippen molar-refractivity contribution in [2.45, 2.75) is 76.7 Å². The van der Waals surface area contributed by atoms with E-state index in [9.17, 15) is 19.8 Å². The van der Waals surface area contributed by atoms with E-state index in [2.05, 4.69) is 6.58 Å². The Morgan fingerprint density at radius 1 is 1.38 bits per heavy atom. The van der Waals surface area contributed by atoms with Gasteiger partial charge < -0.3 is 24.4 Å². The molecular formula is C19H28O7. The molecule has 0 aromatic heterocycles. The molecule has 3 aliphatic heterocycles. The predicted octanol–water partition coefficient (Wildman–Crippen LogP) is 1.31. The van der Waals surface area contributed by atoms with Crippen molar-refractivity contribution in [3.8, 4) is 0 Å². The number of hydrogen-bond donors (Lipinski definition) is 2. The molecular weight excluding hydrogens is 340 g/mol. The van der Waals surface area contributed by atoms with Crippen molar-refractivity contribution < 1.29 is 34.0 Å². The van der Waals surface area contributed by atoms with Gasteiger partial charge in [0.25, 0.3) is 0 Å². The van der Waals surface area contributed by atoms with Crippen molar-refractivity contribution in [1.82, 2.24) is 0 Å². The highest BCUT2D eigenvalue weighted by molar-refractivity contribution is 5.91. The molecule has 3 aliphatic rings. The molecule has 7 atom stereocenters. The first kappa shape index (κ1) is 19.3. The summed E-state index contributed by atoms with van der Waals surface area (Å²) in [5, 5.41) is 21.5. The van der Waals surface area contributed by atoms with Gasteiger partial charge in [-0.25, -0.2) is 4.79 Å². The predicted molar refractivity (Wildman–Crippen MR) is 90.7 cm³/mol. The average Bonchev–Trinajstić information content (AvgIpc) is 2.93. The Labute approximate surface area is 153 Å². The van der Waals surface area contributed by atoms with Crippen LogP contribution >= 0.6 is 0 Å². The average molecular weight is 368 g/mol. The first-order valence-electron chi connectivity index (χ1n) is 9.18. The van der Waals surface area contributed by atoms with Crippen molar-refractivity contribution in [3.63, 3.8) is 0 Å². The van der Waals surface area contributed by atoms with Gasteiger partial charge in [0.05, 0.1) is 23.5 Å². The molecule has 3 heterocycles. The maximum atomic E-state index is 12.3. The number of esters is 2. The van der Waals surface area contributed by atoms with E-state index in [0.29, 0.717) is 6.42 Å². The van der Waals surface area contributed by atoms with Gasteiger partial charge in [-0.1, -0.05) is 27.4 Å². The van der Waals surface area contributed by atoms with Crippen LogP contribution in [0.15, 0.2) is 12.2 Å². The number of carbonyl (C=O) groups excluding carboxylic acids is 2. The van der Waals surface area contributed by atoms with Crippen LogP contribution in [0.25, 0.3) is 0 Å². The number of ether oxygens (including phenoxy) is 3. The minimum absolute atomic E-state index is 0.0573. The molecule has 3 saturated heterocycles. The zero-order valence-corrected chi connectivity index (χ0v) is 15.7. The summed E-state index contributed by atoms with van der Waals surface area (Å²) >= 11 is 0. The number of aliphatic hydroxyl groups is 2. The number of rotatable bonds is 2. The van der Waals surface area contributed by atoms with Crippen LogP contribution in [-0.4, -0.2) is 51.9 Å². The van der Waals surface area contributed by atoms with Crippen molar-refractivity contribution >= 4 is 11.9 Å². The molecule has 0 unspecified atom stereocenters. The van der Waals surface area contributed by atoms with Crippen LogP contribution in [0.3, 0.4) is 0 Å². The van der Waals surface area contributed by atoms with Crippen LogP contribution in [0.5, 0.6) is 0 Å². The molecule has 3 fully saturated rings. The van der Waals surface area contributed by atoms with Gasteiger partial charge >= 0.3 is 11.9 Å². The number of hydrogen-bond acceptors (Lipinski definition) is 7. The number of fused-ring (bicyclic) bond motifs is 3. The number of aliphatic hydroxyl groups excluding tert-OH is 1. The normalized spacial score (nSPS) is 45.6. The first-order valence-corrected chi connectivity index (χ1v) is 9.18. The molecule has 2 bridgehead atoms. The van der Waals surface area contributed by atoms with E-state index in [0.717, 1.165) is 0 Å². The van der Waals surface area contributed by atoms with Gasteiger partial charge in [-0.15, -0.1) is 0 Å². The van der Waals surface area contributed by atoms with Crippen molar-refractivity contribution in [1.29, 1.82) is 0 Å². The van der Waals surface area contributed by atoms with Crippen LogP contribution < -0.4 is 0 Å². The summed E-state index contributed by atoms with van der Waals surface area (Å²) in [6, 6.07) is 0. The highest BCUT2D eigenvalue weighted by Gasteiger charge is 2.60. The van der Waals surface area contributed by atoms with Gasteiger partial charge in [0, 0.05) is 24.3 Å². The second kappa shape index (κ2) is 6.32. The summed E-state index contributed by atoms with van der Waals surface area (Å²) in [4.78, 5) is 24.4. The van der Waals surface area contributed by atoms with Crippen LogP contribution in [0.2, 0.25) is 0 Å². The third-order valence-corrected chi connectivity index (χ3v) is 6.03. The van der Waals surface area contributed by atoms with Gasteiger partial charge in [0.2, 0.25) is 0 Å². The molecule has 3 rings (SSSR count). The van der Waals surface area contributed by atoms with Crippen LogP contribution in [0, 0.1) is 17.8 Å². The van der Waals surface area contributed by atoms with E-state index in [-0.39, 0.29) is 30.3 Å². The minimum Gasteiger partial charge on any atom is -0.461 e. The van der Waals surface area contributed by atoms with Gasteiger partial charge in [0.1, 0.15) is 12.2 Å². The van der Waals surface area contributed by atoms with Crippen molar-refractivity contribution in [2.24, 2.45) is 17.8 Å². The molecule has 7 nitrogen and oxygen atoms in total. The third kappa shape index (κ3) is 3.06. The smallest absolute Gasteiger partial charge is 0.334 e. The molecule has 146 valence electrons. The maximum Gasteiger partial charge on any atom is 0.334 e. The van der Waals surface area contributed by atoms with Crippen LogP contribution in [0.4, 0.5) is 0 Å². The highest BCUT2D eigenvalue weighted by atomic mass is 16.7. The summed E-state index contributed by atoms with van der Waals surface area (Å²) in [7, 11) is 0. The molecule has 0 saturated carbocycles. The van der Waals surface area contributed by atoms with E-state index in [1.165, 1.54) is 0 Å². The Balaban J connectivity index is 2.01. The van der Waals surface area contributed by atoms with E-state index < -0.39 is 47.6 Å². The second-order valence-corrected chi connectivity index (χ2v) is 8.45. The largest absolute Gasteiger partial charge is 0.461 e. The van der Waals surface area contributed by atoms with Crippen molar-refractivity contribution in [2.75, 3.05) is 0 Å². The lowest BCUT2D eigenvalue weighted by molar-refractivity contribution is -0.253.